The van der Waals surface area contributed by atoms with Crippen LogP contribution in [-0.4, -0.2) is 16.9 Å². The third-order valence-corrected chi connectivity index (χ3v) is 2.70. The van der Waals surface area contributed by atoms with Crippen LogP contribution < -0.4 is 4.74 Å². The molecule has 0 unspecified atom stereocenters. The number of rotatable bonds is 2. The standard InChI is InChI=1S/C10H8BrFN2O/c1-15-9-6-13-14(10(9)11)8-4-2-7(12)3-5-8/h2-6H,1H3. The second kappa shape index (κ2) is 4.02. The van der Waals surface area contributed by atoms with Crippen LogP contribution in [0.4, 0.5) is 4.39 Å². The maximum absolute atomic E-state index is 12.7. The Morgan fingerprint density at radius 2 is 2.00 bits per heavy atom. The SMILES string of the molecule is COc1cnn(-c2ccc(F)cc2)c1Br. The molecule has 0 saturated heterocycles. The molecule has 1 aromatic heterocycles. The van der Waals surface area contributed by atoms with Crippen molar-refractivity contribution in [2.75, 3.05) is 7.11 Å². The van der Waals surface area contributed by atoms with Crippen molar-refractivity contribution in [1.82, 2.24) is 9.78 Å². The molecule has 1 aromatic carbocycles. The first-order valence-electron chi connectivity index (χ1n) is 4.26. The quantitative estimate of drug-likeness (QED) is 0.839. The molecule has 15 heavy (non-hydrogen) atoms. The van der Waals surface area contributed by atoms with E-state index in [4.69, 9.17) is 4.74 Å². The van der Waals surface area contributed by atoms with Gasteiger partial charge in [0.15, 0.2) is 10.4 Å². The van der Waals surface area contributed by atoms with Crippen molar-refractivity contribution >= 4 is 15.9 Å². The molecule has 0 spiro atoms. The van der Waals surface area contributed by atoms with Crippen LogP contribution in [0.1, 0.15) is 0 Å². The van der Waals surface area contributed by atoms with Gasteiger partial charge < -0.3 is 4.74 Å². The van der Waals surface area contributed by atoms with Crippen molar-refractivity contribution in [2.24, 2.45) is 0 Å². The van der Waals surface area contributed by atoms with Crippen molar-refractivity contribution < 1.29 is 9.13 Å². The van der Waals surface area contributed by atoms with Gasteiger partial charge >= 0.3 is 0 Å². The highest BCUT2D eigenvalue weighted by atomic mass is 79.9. The summed E-state index contributed by atoms with van der Waals surface area (Å²) in [6.45, 7) is 0. The molecule has 5 heteroatoms. The molecule has 0 atom stereocenters. The second-order valence-corrected chi connectivity index (χ2v) is 3.64. The maximum atomic E-state index is 12.7. The van der Waals surface area contributed by atoms with Gasteiger partial charge in [-0.2, -0.15) is 5.10 Å². The number of halogens is 2. The molecule has 2 aromatic rings. The van der Waals surface area contributed by atoms with Crippen molar-refractivity contribution in [3.63, 3.8) is 0 Å². The van der Waals surface area contributed by atoms with Gasteiger partial charge in [-0.1, -0.05) is 0 Å². The highest BCUT2D eigenvalue weighted by molar-refractivity contribution is 9.10. The number of aromatic nitrogens is 2. The average molecular weight is 271 g/mol. The lowest BCUT2D eigenvalue weighted by Gasteiger charge is -2.03. The minimum absolute atomic E-state index is 0.269. The summed E-state index contributed by atoms with van der Waals surface area (Å²) in [4.78, 5) is 0. The van der Waals surface area contributed by atoms with Gasteiger partial charge in [-0.25, -0.2) is 9.07 Å². The first kappa shape index (κ1) is 10.2. The summed E-state index contributed by atoms with van der Waals surface area (Å²) in [6, 6.07) is 6.06. The molecule has 1 heterocycles. The smallest absolute Gasteiger partial charge is 0.171 e. The first-order valence-corrected chi connectivity index (χ1v) is 5.05. The summed E-state index contributed by atoms with van der Waals surface area (Å²) >= 11 is 3.35. The minimum Gasteiger partial charge on any atom is -0.492 e. The van der Waals surface area contributed by atoms with E-state index in [0.29, 0.717) is 10.4 Å². The molecule has 3 nitrogen and oxygen atoms in total. The second-order valence-electron chi connectivity index (χ2n) is 2.89. The van der Waals surface area contributed by atoms with E-state index in [9.17, 15) is 4.39 Å². The Morgan fingerprint density at radius 3 is 2.53 bits per heavy atom. The van der Waals surface area contributed by atoms with Crippen LogP contribution >= 0.6 is 15.9 Å². The predicted octanol–water partition coefficient (Wildman–Crippen LogP) is 2.78. The Labute approximate surface area is 94.6 Å². The lowest BCUT2D eigenvalue weighted by molar-refractivity contribution is 0.412. The van der Waals surface area contributed by atoms with Crippen molar-refractivity contribution in [3.8, 4) is 11.4 Å². The van der Waals surface area contributed by atoms with Crippen molar-refractivity contribution in [2.45, 2.75) is 0 Å². The Morgan fingerprint density at radius 1 is 1.33 bits per heavy atom. The zero-order valence-corrected chi connectivity index (χ0v) is 9.53. The maximum Gasteiger partial charge on any atom is 0.171 e. The summed E-state index contributed by atoms with van der Waals surface area (Å²) in [7, 11) is 1.57. The number of benzene rings is 1. The van der Waals surface area contributed by atoms with E-state index >= 15 is 0 Å². The van der Waals surface area contributed by atoms with Gasteiger partial charge in [-0.05, 0) is 40.2 Å². The Kier molecular flexibility index (Phi) is 2.73. The number of hydrogen-bond donors (Lipinski definition) is 0. The molecular weight excluding hydrogens is 263 g/mol. The van der Waals surface area contributed by atoms with Crippen LogP contribution in [0.15, 0.2) is 35.1 Å². The largest absolute Gasteiger partial charge is 0.492 e. The molecule has 0 N–H and O–H groups in total. The minimum atomic E-state index is -0.269. The summed E-state index contributed by atoms with van der Waals surface area (Å²) < 4.78 is 20.1. The summed E-state index contributed by atoms with van der Waals surface area (Å²) in [5, 5.41) is 4.11. The number of nitrogens with zero attached hydrogens (tertiary/aromatic N) is 2. The van der Waals surface area contributed by atoms with E-state index < -0.39 is 0 Å². The van der Waals surface area contributed by atoms with Crippen LogP contribution in [0.25, 0.3) is 5.69 Å². The predicted molar refractivity (Wildman–Crippen MR) is 57.8 cm³/mol. The Hall–Kier alpha value is -1.36. The molecule has 0 aliphatic rings. The van der Waals surface area contributed by atoms with Gasteiger partial charge in [-0.15, -0.1) is 0 Å². The molecule has 2 rings (SSSR count). The van der Waals surface area contributed by atoms with Gasteiger partial charge in [0.25, 0.3) is 0 Å². The molecule has 78 valence electrons. The average Bonchev–Trinajstić information content (AvgIpc) is 2.61. The van der Waals surface area contributed by atoms with Crippen LogP contribution in [0, 0.1) is 5.82 Å². The molecule has 0 fully saturated rings. The molecule has 0 radical (unpaired) electrons. The van der Waals surface area contributed by atoms with Gasteiger partial charge in [0.05, 0.1) is 19.0 Å². The monoisotopic (exact) mass is 270 g/mol. The fraction of sp³-hybridized carbons (Fsp3) is 0.100. The van der Waals surface area contributed by atoms with E-state index in [2.05, 4.69) is 21.0 Å². The number of ether oxygens (including phenoxy) is 1. The Bertz CT molecular complexity index is 467. The normalized spacial score (nSPS) is 10.3. The number of methoxy groups -OCH3 is 1. The third kappa shape index (κ3) is 1.87. The summed E-state index contributed by atoms with van der Waals surface area (Å²) in [5.41, 5.74) is 0.770. The van der Waals surface area contributed by atoms with E-state index in [1.807, 2.05) is 0 Å². The van der Waals surface area contributed by atoms with E-state index in [1.54, 1.807) is 30.1 Å². The van der Waals surface area contributed by atoms with Gasteiger partial charge in [0.2, 0.25) is 0 Å². The third-order valence-electron chi connectivity index (χ3n) is 1.97. The molecule has 0 aliphatic heterocycles. The summed E-state index contributed by atoms with van der Waals surface area (Å²) in [5.74, 6) is 0.369. The molecule has 0 aliphatic carbocycles. The molecular formula is C10H8BrFN2O. The van der Waals surface area contributed by atoms with Crippen LogP contribution in [0.2, 0.25) is 0 Å². The van der Waals surface area contributed by atoms with E-state index in [-0.39, 0.29) is 5.82 Å². The van der Waals surface area contributed by atoms with Crippen molar-refractivity contribution in [3.05, 3.63) is 40.9 Å². The molecule has 0 amide bonds. The highest BCUT2D eigenvalue weighted by Crippen LogP contribution is 2.26. The van der Waals surface area contributed by atoms with E-state index in [1.165, 1.54) is 12.1 Å². The molecule has 0 saturated carbocycles. The fourth-order valence-electron chi connectivity index (χ4n) is 1.22. The van der Waals surface area contributed by atoms with Gasteiger partial charge in [-0.3, -0.25) is 0 Å². The van der Waals surface area contributed by atoms with Crippen LogP contribution in [0.3, 0.4) is 0 Å². The van der Waals surface area contributed by atoms with Gasteiger partial charge in [0, 0.05) is 0 Å². The lowest BCUT2D eigenvalue weighted by Crippen LogP contribution is -1.96. The van der Waals surface area contributed by atoms with Crippen molar-refractivity contribution in [1.29, 1.82) is 0 Å². The first-order chi connectivity index (χ1) is 7.22. The highest BCUT2D eigenvalue weighted by Gasteiger charge is 2.09. The van der Waals surface area contributed by atoms with Gasteiger partial charge in [0.1, 0.15) is 5.82 Å². The fourth-order valence-corrected chi connectivity index (χ4v) is 1.78. The van der Waals surface area contributed by atoms with E-state index in [0.717, 1.165) is 5.69 Å². The zero-order chi connectivity index (χ0) is 10.8. The molecule has 0 bridgehead atoms. The lowest BCUT2D eigenvalue weighted by atomic mass is 10.3. The zero-order valence-electron chi connectivity index (χ0n) is 7.95. The Balaban J connectivity index is 2.45. The summed E-state index contributed by atoms with van der Waals surface area (Å²) in [6.07, 6.45) is 1.59. The van der Waals surface area contributed by atoms with Crippen LogP contribution in [0.5, 0.6) is 5.75 Å². The topological polar surface area (TPSA) is 27.1 Å². The van der Waals surface area contributed by atoms with Crippen LogP contribution in [-0.2, 0) is 0 Å². The number of hydrogen-bond acceptors (Lipinski definition) is 2.